The molecule has 0 atom stereocenters. The first-order chi connectivity index (χ1) is 9.45. The van der Waals surface area contributed by atoms with Crippen molar-refractivity contribution >= 4 is 11.6 Å². The molecule has 4 heteroatoms. The second-order valence-electron chi connectivity index (χ2n) is 5.21. The van der Waals surface area contributed by atoms with Crippen LogP contribution < -0.4 is 10.6 Å². The SMILES string of the molecule is CCN(C(=O)C(CC)(CC)CN)c1cc(O)ccc1C. The molecule has 0 saturated heterocycles. The van der Waals surface area contributed by atoms with Gasteiger partial charge >= 0.3 is 0 Å². The number of phenols is 1. The summed E-state index contributed by atoms with van der Waals surface area (Å²) in [5.74, 6) is 0.212. The lowest BCUT2D eigenvalue weighted by Gasteiger charge is -2.35. The zero-order valence-electron chi connectivity index (χ0n) is 12.9. The van der Waals surface area contributed by atoms with Crippen LogP contribution in [-0.2, 0) is 4.79 Å². The molecular formula is C16H26N2O2. The Kier molecular flexibility index (Phi) is 5.57. The molecule has 1 aromatic carbocycles. The lowest BCUT2D eigenvalue weighted by Crippen LogP contribution is -2.48. The van der Waals surface area contributed by atoms with Crippen LogP contribution in [0.15, 0.2) is 18.2 Å². The second kappa shape index (κ2) is 6.75. The molecule has 0 radical (unpaired) electrons. The summed E-state index contributed by atoms with van der Waals surface area (Å²) in [6.45, 7) is 8.77. The van der Waals surface area contributed by atoms with Crippen LogP contribution in [0.1, 0.15) is 39.2 Å². The molecule has 0 unspecified atom stereocenters. The van der Waals surface area contributed by atoms with Crippen LogP contribution in [-0.4, -0.2) is 24.1 Å². The average molecular weight is 278 g/mol. The van der Waals surface area contributed by atoms with Crippen molar-refractivity contribution in [3.63, 3.8) is 0 Å². The van der Waals surface area contributed by atoms with E-state index in [9.17, 15) is 9.90 Å². The van der Waals surface area contributed by atoms with E-state index in [0.29, 0.717) is 25.9 Å². The average Bonchev–Trinajstić information content (AvgIpc) is 2.46. The van der Waals surface area contributed by atoms with E-state index >= 15 is 0 Å². The molecule has 0 bridgehead atoms. The third-order valence-electron chi connectivity index (χ3n) is 4.24. The number of aromatic hydroxyl groups is 1. The summed E-state index contributed by atoms with van der Waals surface area (Å²) in [4.78, 5) is 14.6. The summed E-state index contributed by atoms with van der Waals surface area (Å²) in [7, 11) is 0. The molecule has 1 aromatic rings. The van der Waals surface area contributed by atoms with Gasteiger partial charge in [-0.3, -0.25) is 4.79 Å². The van der Waals surface area contributed by atoms with Crippen molar-refractivity contribution in [3.05, 3.63) is 23.8 Å². The van der Waals surface area contributed by atoms with Crippen LogP contribution in [0.3, 0.4) is 0 Å². The van der Waals surface area contributed by atoms with Gasteiger partial charge < -0.3 is 15.7 Å². The Hall–Kier alpha value is -1.55. The number of rotatable bonds is 6. The molecule has 4 nitrogen and oxygen atoms in total. The van der Waals surface area contributed by atoms with E-state index in [2.05, 4.69) is 0 Å². The van der Waals surface area contributed by atoms with E-state index in [1.807, 2.05) is 33.8 Å². The minimum absolute atomic E-state index is 0.0428. The standard InChI is InChI=1S/C16H26N2O2/c1-5-16(6-2,11-17)15(20)18(7-3)14-10-13(19)9-8-12(14)4/h8-10,19H,5-7,11,17H2,1-4H3. The first-order valence-electron chi connectivity index (χ1n) is 7.27. The van der Waals surface area contributed by atoms with E-state index in [1.54, 1.807) is 17.0 Å². The Morgan fingerprint density at radius 1 is 1.30 bits per heavy atom. The Bertz CT molecular complexity index is 459. The van der Waals surface area contributed by atoms with E-state index < -0.39 is 5.41 Å². The Labute approximate surface area is 121 Å². The van der Waals surface area contributed by atoms with Crippen molar-refractivity contribution in [1.29, 1.82) is 0 Å². The van der Waals surface area contributed by atoms with Crippen molar-refractivity contribution in [1.82, 2.24) is 0 Å². The van der Waals surface area contributed by atoms with E-state index in [1.165, 1.54) is 0 Å². The Balaban J connectivity index is 3.25. The van der Waals surface area contributed by atoms with Crippen molar-refractivity contribution < 1.29 is 9.90 Å². The van der Waals surface area contributed by atoms with E-state index in [4.69, 9.17) is 5.73 Å². The normalized spacial score (nSPS) is 11.4. The summed E-state index contributed by atoms with van der Waals surface area (Å²) in [5.41, 5.74) is 7.08. The monoisotopic (exact) mass is 278 g/mol. The van der Waals surface area contributed by atoms with Crippen LogP contribution in [0.25, 0.3) is 0 Å². The number of hydrogen-bond acceptors (Lipinski definition) is 3. The topological polar surface area (TPSA) is 66.6 Å². The molecular weight excluding hydrogens is 252 g/mol. The highest BCUT2D eigenvalue weighted by Crippen LogP contribution is 2.32. The molecule has 0 aliphatic carbocycles. The van der Waals surface area contributed by atoms with Gasteiger partial charge in [-0.15, -0.1) is 0 Å². The summed E-state index contributed by atoms with van der Waals surface area (Å²) < 4.78 is 0. The maximum Gasteiger partial charge on any atom is 0.234 e. The van der Waals surface area contributed by atoms with Gasteiger partial charge in [0.1, 0.15) is 5.75 Å². The van der Waals surface area contributed by atoms with Crippen LogP contribution in [0.4, 0.5) is 5.69 Å². The number of hydrogen-bond donors (Lipinski definition) is 2. The fraction of sp³-hybridized carbons (Fsp3) is 0.562. The lowest BCUT2D eigenvalue weighted by atomic mass is 9.80. The molecule has 1 rings (SSSR count). The number of benzene rings is 1. The third kappa shape index (κ3) is 2.96. The summed E-state index contributed by atoms with van der Waals surface area (Å²) in [5, 5.41) is 9.68. The zero-order valence-corrected chi connectivity index (χ0v) is 12.9. The van der Waals surface area contributed by atoms with Gasteiger partial charge in [-0.25, -0.2) is 0 Å². The van der Waals surface area contributed by atoms with E-state index in [0.717, 1.165) is 11.3 Å². The molecule has 0 fully saturated rings. The minimum atomic E-state index is -0.520. The van der Waals surface area contributed by atoms with Crippen LogP contribution in [0, 0.1) is 12.3 Å². The van der Waals surface area contributed by atoms with Gasteiger partial charge in [0.25, 0.3) is 0 Å². The number of carbonyl (C=O) groups is 1. The summed E-state index contributed by atoms with van der Waals surface area (Å²) >= 11 is 0. The third-order valence-corrected chi connectivity index (χ3v) is 4.24. The number of anilines is 1. The fourth-order valence-electron chi connectivity index (χ4n) is 2.53. The highest BCUT2D eigenvalue weighted by Gasteiger charge is 2.37. The number of nitrogens with zero attached hydrogens (tertiary/aromatic N) is 1. The minimum Gasteiger partial charge on any atom is -0.508 e. The first-order valence-corrected chi connectivity index (χ1v) is 7.27. The molecule has 0 saturated carbocycles. The summed E-state index contributed by atoms with van der Waals surface area (Å²) in [6, 6.07) is 5.10. The molecule has 3 N–H and O–H groups in total. The van der Waals surface area contributed by atoms with Gasteiger partial charge in [0.15, 0.2) is 0 Å². The van der Waals surface area contributed by atoms with Crippen LogP contribution in [0.5, 0.6) is 5.75 Å². The zero-order chi connectivity index (χ0) is 15.3. The molecule has 0 aromatic heterocycles. The van der Waals surface area contributed by atoms with Gasteiger partial charge in [0.2, 0.25) is 5.91 Å². The predicted octanol–water partition coefficient (Wildman–Crippen LogP) is 2.82. The number of aryl methyl sites for hydroxylation is 1. The quantitative estimate of drug-likeness (QED) is 0.841. The number of phenolic OH excluding ortho intramolecular Hbond substituents is 1. The number of carbonyl (C=O) groups excluding carboxylic acids is 1. The highest BCUT2D eigenvalue weighted by molar-refractivity contribution is 5.98. The van der Waals surface area contributed by atoms with Crippen molar-refractivity contribution in [2.45, 2.75) is 40.5 Å². The van der Waals surface area contributed by atoms with Crippen molar-refractivity contribution in [2.75, 3.05) is 18.0 Å². The van der Waals surface area contributed by atoms with Crippen LogP contribution >= 0.6 is 0 Å². The van der Waals surface area contributed by atoms with Crippen molar-refractivity contribution in [2.24, 2.45) is 11.1 Å². The van der Waals surface area contributed by atoms with Gasteiger partial charge in [0.05, 0.1) is 11.1 Å². The molecule has 112 valence electrons. The molecule has 0 heterocycles. The smallest absolute Gasteiger partial charge is 0.234 e. The van der Waals surface area contributed by atoms with E-state index in [-0.39, 0.29) is 11.7 Å². The Morgan fingerprint density at radius 2 is 1.90 bits per heavy atom. The lowest BCUT2D eigenvalue weighted by molar-refractivity contribution is -0.128. The van der Waals surface area contributed by atoms with Crippen molar-refractivity contribution in [3.8, 4) is 5.75 Å². The van der Waals surface area contributed by atoms with Gasteiger partial charge in [-0.2, -0.15) is 0 Å². The second-order valence-corrected chi connectivity index (χ2v) is 5.21. The number of amides is 1. The highest BCUT2D eigenvalue weighted by atomic mass is 16.3. The molecule has 0 spiro atoms. The first kappa shape index (κ1) is 16.5. The summed E-state index contributed by atoms with van der Waals surface area (Å²) in [6.07, 6.45) is 1.43. The van der Waals surface area contributed by atoms with Gasteiger partial charge in [0, 0.05) is 19.2 Å². The number of nitrogens with two attached hydrogens (primary N) is 1. The largest absolute Gasteiger partial charge is 0.508 e. The van der Waals surface area contributed by atoms with Gasteiger partial charge in [-0.05, 0) is 38.3 Å². The van der Waals surface area contributed by atoms with Crippen LogP contribution in [0.2, 0.25) is 0 Å². The Morgan fingerprint density at radius 3 is 2.35 bits per heavy atom. The molecule has 20 heavy (non-hydrogen) atoms. The molecule has 0 aliphatic rings. The molecule has 0 aliphatic heterocycles. The predicted molar refractivity (Wildman–Crippen MR) is 82.9 cm³/mol. The molecule has 1 amide bonds. The fourth-order valence-corrected chi connectivity index (χ4v) is 2.53. The maximum absolute atomic E-state index is 12.9. The maximum atomic E-state index is 12.9. The van der Waals surface area contributed by atoms with Gasteiger partial charge in [-0.1, -0.05) is 19.9 Å².